The summed E-state index contributed by atoms with van der Waals surface area (Å²) in [5.41, 5.74) is 5.49. The molecule has 0 saturated carbocycles. The van der Waals surface area contributed by atoms with Crippen molar-refractivity contribution in [2.24, 2.45) is 0 Å². The first-order valence-corrected chi connectivity index (χ1v) is 19.2. The zero-order valence-corrected chi connectivity index (χ0v) is 31.4. The molecule has 1 heterocycles. The molecule has 4 aromatic carbocycles. The van der Waals surface area contributed by atoms with Crippen molar-refractivity contribution < 1.29 is 23.9 Å². The van der Waals surface area contributed by atoms with Crippen LogP contribution in [-0.4, -0.2) is 36.1 Å². The number of thioether (sulfide) groups is 1. The van der Waals surface area contributed by atoms with Crippen LogP contribution in [0.4, 0.5) is 10.7 Å². The molecule has 0 fully saturated rings. The molecule has 0 radical (unpaired) electrons. The Hall–Kier alpha value is -5.45. The average Bonchev–Trinajstić information content (AvgIpc) is 3.54. The number of carbonyl (C=O) groups excluding carboxylic acids is 4. The minimum absolute atomic E-state index is 0.0865. The highest BCUT2D eigenvalue weighted by molar-refractivity contribution is 8.00. The fraction of sp³-hybridized carbons (Fsp3) is 0.209. The van der Waals surface area contributed by atoms with Crippen LogP contribution in [-0.2, 0) is 27.2 Å². The summed E-state index contributed by atoms with van der Waals surface area (Å²) in [6, 6.07) is 34.0. The Morgan fingerprint density at radius 2 is 1.64 bits per heavy atom. The number of aryl methyl sites for hydroxylation is 1. The summed E-state index contributed by atoms with van der Waals surface area (Å²) in [6.07, 6.45) is 4.61. The Morgan fingerprint density at radius 3 is 2.36 bits per heavy atom. The number of rotatable bonds is 12. The number of ether oxygens (including phenoxy) is 1. The van der Waals surface area contributed by atoms with E-state index in [1.807, 2.05) is 68.4 Å². The summed E-state index contributed by atoms with van der Waals surface area (Å²) >= 11 is 2.83. The maximum Gasteiger partial charge on any atom is 0.341 e. The first-order chi connectivity index (χ1) is 25.7. The van der Waals surface area contributed by atoms with Gasteiger partial charge >= 0.3 is 5.97 Å². The van der Waals surface area contributed by atoms with Gasteiger partial charge in [0, 0.05) is 21.0 Å². The van der Waals surface area contributed by atoms with Gasteiger partial charge in [-0.25, -0.2) is 4.79 Å². The highest BCUT2D eigenvalue weighted by atomic mass is 32.2. The Morgan fingerprint density at radius 1 is 0.906 bits per heavy atom. The molecule has 1 aromatic heterocycles. The van der Waals surface area contributed by atoms with E-state index in [0.717, 1.165) is 45.7 Å². The topological polar surface area (TPSA) is 114 Å². The fourth-order valence-electron chi connectivity index (χ4n) is 6.40. The zero-order chi connectivity index (χ0) is 37.3. The van der Waals surface area contributed by atoms with Gasteiger partial charge in [-0.2, -0.15) is 0 Å². The van der Waals surface area contributed by atoms with Gasteiger partial charge in [0.15, 0.2) is 0 Å². The molecule has 3 amide bonds. The molecule has 1 aliphatic rings. The molecular weight excluding hydrogens is 703 g/mol. The monoisotopic (exact) mass is 743 g/mol. The minimum atomic E-state index is -0.491. The number of carbonyl (C=O) groups is 4. The summed E-state index contributed by atoms with van der Waals surface area (Å²) in [4.78, 5) is 55.4. The third-order valence-corrected chi connectivity index (χ3v) is 11.6. The van der Waals surface area contributed by atoms with Crippen LogP contribution in [0.15, 0.2) is 120 Å². The predicted molar refractivity (Wildman–Crippen MR) is 214 cm³/mol. The molecule has 0 bridgehead atoms. The Bertz CT molecular complexity index is 2150. The van der Waals surface area contributed by atoms with Crippen molar-refractivity contribution in [2.75, 3.05) is 17.7 Å². The predicted octanol–water partition coefficient (Wildman–Crippen LogP) is 9.03. The second-order valence-corrected chi connectivity index (χ2v) is 15.2. The van der Waals surface area contributed by atoms with E-state index in [4.69, 9.17) is 4.74 Å². The number of nitrogens with one attached hydrogen (secondary N) is 3. The van der Waals surface area contributed by atoms with Gasteiger partial charge < -0.3 is 20.7 Å². The molecule has 0 spiro atoms. The smallest absolute Gasteiger partial charge is 0.341 e. The van der Waals surface area contributed by atoms with E-state index in [2.05, 4.69) is 28.1 Å². The lowest BCUT2D eigenvalue weighted by Crippen LogP contribution is -2.30. The van der Waals surface area contributed by atoms with Crippen LogP contribution in [0.1, 0.15) is 73.5 Å². The highest BCUT2D eigenvalue weighted by Gasteiger charge is 2.31. The minimum Gasteiger partial charge on any atom is -0.465 e. The van der Waals surface area contributed by atoms with Gasteiger partial charge in [0.2, 0.25) is 5.91 Å². The first-order valence-electron chi connectivity index (χ1n) is 17.5. The van der Waals surface area contributed by atoms with Gasteiger partial charge in [-0.3, -0.25) is 14.4 Å². The molecule has 0 saturated heterocycles. The summed E-state index contributed by atoms with van der Waals surface area (Å²) in [5, 5.41) is 8.81. The van der Waals surface area contributed by atoms with Gasteiger partial charge in [0.05, 0.1) is 17.9 Å². The van der Waals surface area contributed by atoms with Crippen molar-refractivity contribution >= 4 is 63.6 Å². The molecule has 0 aliphatic heterocycles. The van der Waals surface area contributed by atoms with E-state index < -0.39 is 23.0 Å². The third-order valence-electron chi connectivity index (χ3n) is 9.08. The molecular formula is C43H41N3O5S2. The van der Waals surface area contributed by atoms with E-state index in [1.54, 1.807) is 48.5 Å². The van der Waals surface area contributed by atoms with Crippen molar-refractivity contribution in [3.63, 3.8) is 0 Å². The average molecular weight is 744 g/mol. The fourth-order valence-corrected chi connectivity index (χ4v) is 8.73. The Labute approximate surface area is 318 Å². The van der Waals surface area contributed by atoms with Gasteiger partial charge in [-0.1, -0.05) is 91.3 Å². The van der Waals surface area contributed by atoms with Crippen LogP contribution >= 0.6 is 23.1 Å². The molecule has 2 unspecified atom stereocenters. The van der Waals surface area contributed by atoms with Crippen molar-refractivity contribution in [1.82, 2.24) is 5.32 Å². The number of anilines is 2. The van der Waals surface area contributed by atoms with Crippen molar-refractivity contribution in [1.29, 1.82) is 0 Å². The number of hydrogen-bond acceptors (Lipinski definition) is 7. The van der Waals surface area contributed by atoms with Crippen molar-refractivity contribution in [2.45, 2.75) is 55.6 Å². The van der Waals surface area contributed by atoms with Crippen LogP contribution in [0.3, 0.4) is 0 Å². The van der Waals surface area contributed by atoms with Gasteiger partial charge in [0.1, 0.15) is 10.7 Å². The lowest BCUT2D eigenvalue weighted by molar-refractivity contribution is -0.116. The van der Waals surface area contributed by atoms with Crippen LogP contribution in [0.25, 0.3) is 6.08 Å². The van der Waals surface area contributed by atoms with E-state index >= 15 is 0 Å². The van der Waals surface area contributed by atoms with Gasteiger partial charge in [-0.05, 0) is 91.6 Å². The second-order valence-electron chi connectivity index (χ2n) is 12.8. The zero-order valence-electron chi connectivity index (χ0n) is 29.8. The van der Waals surface area contributed by atoms with E-state index in [0.29, 0.717) is 34.2 Å². The van der Waals surface area contributed by atoms with Crippen LogP contribution in [0.5, 0.6) is 0 Å². The number of thiophene rings is 1. The molecule has 270 valence electrons. The molecule has 53 heavy (non-hydrogen) atoms. The van der Waals surface area contributed by atoms with Crippen LogP contribution in [0, 0.1) is 6.92 Å². The largest absolute Gasteiger partial charge is 0.465 e. The second kappa shape index (κ2) is 17.4. The molecule has 10 heteroatoms. The molecule has 3 N–H and O–H groups in total. The number of amides is 3. The number of esters is 1. The van der Waals surface area contributed by atoms with Gasteiger partial charge in [-0.15, -0.1) is 23.1 Å². The lowest BCUT2D eigenvalue weighted by Gasteiger charge is -2.22. The van der Waals surface area contributed by atoms with Crippen LogP contribution < -0.4 is 16.0 Å². The Kier molecular flexibility index (Phi) is 12.2. The lowest BCUT2D eigenvalue weighted by atomic mass is 9.83. The van der Waals surface area contributed by atoms with E-state index in [-0.39, 0.29) is 11.6 Å². The number of fused-ring (bicyclic) bond motifs is 1. The Balaban J connectivity index is 1.17. The molecule has 8 nitrogen and oxygen atoms in total. The molecule has 2 atom stereocenters. The first kappa shape index (κ1) is 37.3. The number of hydrogen-bond donors (Lipinski definition) is 3. The van der Waals surface area contributed by atoms with Crippen molar-refractivity contribution in [3.05, 3.63) is 153 Å². The number of methoxy groups -OCH3 is 1. The maximum atomic E-state index is 13.8. The maximum absolute atomic E-state index is 13.8. The summed E-state index contributed by atoms with van der Waals surface area (Å²) in [5.74, 6) is -1.22. The third kappa shape index (κ3) is 9.32. The van der Waals surface area contributed by atoms with Crippen LogP contribution in [0.2, 0.25) is 0 Å². The molecule has 1 aliphatic carbocycles. The summed E-state index contributed by atoms with van der Waals surface area (Å²) in [7, 11) is 1.36. The molecule has 6 rings (SSSR count). The standard InChI is InChI=1S/C43H41N3O5S2/c1-4-36(41(49)46-42-38(43(50)51-3)34-22-21-31(25-37(34)53-42)29-15-7-5-8-16-29)52-33-20-12-19-32(26-33)44-40(48)35(24-28-14-11-13-27(2)23-28)45-39(47)30-17-9-6-10-18-30/h5-20,23-24,26,31,36H,4,21-22,25H2,1-3H3,(H,44,48)(H,45,47)(H,46,49)/b35-24+. The van der Waals surface area contributed by atoms with E-state index in [1.165, 1.54) is 35.8 Å². The highest BCUT2D eigenvalue weighted by Crippen LogP contribution is 2.43. The normalized spacial score (nSPS) is 14.4. The van der Waals surface area contributed by atoms with Gasteiger partial charge in [0.25, 0.3) is 11.8 Å². The quantitative estimate of drug-likeness (QED) is 0.0668. The van der Waals surface area contributed by atoms with Crippen molar-refractivity contribution in [3.8, 4) is 0 Å². The summed E-state index contributed by atoms with van der Waals surface area (Å²) in [6.45, 7) is 3.89. The number of benzene rings is 4. The molecule has 5 aromatic rings. The van der Waals surface area contributed by atoms with E-state index in [9.17, 15) is 19.2 Å². The summed E-state index contributed by atoms with van der Waals surface area (Å²) < 4.78 is 5.17. The SMILES string of the molecule is CCC(Sc1cccc(NC(=O)/C(=C\c2cccc(C)c2)NC(=O)c2ccccc2)c1)C(=O)Nc1sc2c(c1C(=O)OC)CCC(c1ccccc1)C2.